The van der Waals surface area contributed by atoms with E-state index in [0.29, 0.717) is 39.7 Å². The van der Waals surface area contributed by atoms with Crippen molar-refractivity contribution in [1.29, 1.82) is 0 Å². The molecule has 0 radical (unpaired) electrons. The van der Waals surface area contributed by atoms with Gasteiger partial charge in [-0.05, 0) is 83.1 Å². The first-order chi connectivity index (χ1) is 21.7. The average molecular weight is 660 g/mol. The van der Waals surface area contributed by atoms with Gasteiger partial charge in [0.25, 0.3) is 16.0 Å². The summed E-state index contributed by atoms with van der Waals surface area (Å²) in [6.45, 7) is 6.18. The van der Waals surface area contributed by atoms with Gasteiger partial charge in [0.1, 0.15) is 5.52 Å². The van der Waals surface area contributed by atoms with Crippen LogP contribution in [0.5, 0.6) is 0 Å². The highest BCUT2D eigenvalue weighted by Crippen LogP contribution is 2.30. The summed E-state index contributed by atoms with van der Waals surface area (Å²) < 4.78 is 36.7. The number of amides is 2. The predicted molar refractivity (Wildman–Crippen MR) is 180 cm³/mol. The van der Waals surface area contributed by atoms with E-state index in [2.05, 4.69) is 36.4 Å². The lowest BCUT2D eigenvalue weighted by molar-refractivity contribution is -0.117. The van der Waals surface area contributed by atoms with Crippen molar-refractivity contribution in [3.05, 3.63) is 118 Å². The van der Waals surface area contributed by atoms with Gasteiger partial charge in [0.2, 0.25) is 11.8 Å². The van der Waals surface area contributed by atoms with Crippen LogP contribution in [-0.2, 0) is 26.7 Å². The van der Waals surface area contributed by atoms with E-state index in [1.165, 1.54) is 0 Å². The van der Waals surface area contributed by atoms with Crippen LogP contribution in [0.3, 0.4) is 0 Å². The van der Waals surface area contributed by atoms with Gasteiger partial charge < -0.3 is 15.1 Å². The van der Waals surface area contributed by atoms with Crippen LogP contribution >= 0.6 is 11.6 Å². The van der Waals surface area contributed by atoms with Gasteiger partial charge in [-0.15, -0.1) is 0 Å². The Morgan fingerprint density at radius 3 is 2.24 bits per heavy atom. The summed E-state index contributed by atoms with van der Waals surface area (Å²) in [4.78, 5) is 30.9. The first kappa shape index (κ1) is 32.9. The normalized spacial score (nSPS) is 12.5. The second-order valence-corrected chi connectivity index (χ2v) is 14.1. The third kappa shape index (κ3) is 8.39. The van der Waals surface area contributed by atoms with Crippen LogP contribution in [0.15, 0.2) is 95.4 Å². The maximum absolute atomic E-state index is 13.9. The van der Waals surface area contributed by atoms with Gasteiger partial charge in [0.15, 0.2) is 5.58 Å². The Bertz CT molecular complexity index is 1960. The van der Waals surface area contributed by atoms with Crippen LogP contribution in [0, 0.1) is 0 Å². The minimum atomic E-state index is -4.18. The highest BCUT2D eigenvalue weighted by Gasteiger charge is 2.23. The van der Waals surface area contributed by atoms with Gasteiger partial charge >= 0.3 is 0 Å². The van der Waals surface area contributed by atoms with Gasteiger partial charge in [-0.2, -0.15) is 8.42 Å². The fraction of sp³-hybridized carbons (Fsp3) is 0.229. The minimum absolute atomic E-state index is 0.0497. The number of oxazole rings is 1. The van der Waals surface area contributed by atoms with Crippen LogP contribution in [0.4, 0.5) is 5.69 Å². The van der Waals surface area contributed by atoms with E-state index in [9.17, 15) is 18.0 Å². The summed E-state index contributed by atoms with van der Waals surface area (Å²) in [6, 6.07) is 27.3. The number of nitrogens with zero attached hydrogens (tertiary/aromatic N) is 1. The molecule has 1 aromatic heterocycles. The summed E-state index contributed by atoms with van der Waals surface area (Å²) in [5.41, 5.74) is 5.62. The van der Waals surface area contributed by atoms with Crippen molar-refractivity contribution < 1.29 is 27.0 Å². The smallest absolute Gasteiger partial charge is 0.266 e. The van der Waals surface area contributed by atoms with E-state index in [1.54, 1.807) is 54.6 Å². The number of halogens is 1. The molecule has 5 aromatic rings. The van der Waals surface area contributed by atoms with Crippen molar-refractivity contribution in [3.8, 4) is 11.5 Å². The van der Waals surface area contributed by atoms with Gasteiger partial charge in [0, 0.05) is 28.4 Å². The van der Waals surface area contributed by atoms with E-state index in [-0.39, 0.29) is 17.9 Å². The molecule has 0 aliphatic heterocycles. The molecule has 2 amide bonds. The predicted octanol–water partition coefficient (Wildman–Crippen LogP) is 7.03. The third-order valence-corrected chi connectivity index (χ3v) is 8.52. The second-order valence-electron chi connectivity index (χ2n) is 12.1. The molecule has 5 rings (SSSR count). The zero-order valence-electron chi connectivity index (χ0n) is 25.6. The standard InChI is InChI=1S/C35H34ClN3O6S/c1-35(2,3)26-12-8-23(9-13-26)29(20-22-4-6-24(7-5-22)32(40)37-18-19-46(42,43)44)33(41)38-28-16-17-31-30(21-28)39-34(45-31)25-10-14-27(36)15-11-25/h4-17,21,29H,18-20H2,1-3H3,(H,37,40)(H,38,41)(H,42,43,44). The van der Waals surface area contributed by atoms with Crippen LogP contribution < -0.4 is 10.6 Å². The summed E-state index contributed by atoms with van der Waals surface area (Å²) in [5, 5.41) is 6.13. The van der Waals surface area contributed by atoms with Crippen molar-refractivity contribution in [2.45, 2.75) is 38.5 Å². The van der Waals surface area contributed by atoms with Gasteiger partial charge in [-0.3, -0.25) is 14.1 Å². The van der Waals surface area contributed by atoms with Crippen LogP contribution in [-0.4, -0.2) is 42.1 Å². The lowest BCUT2D eigenvalue weighted by Crippen LogP contribution is -2.28. The number of carbonyl (C=O) groups excluding carboxylic acids is 2. The monoisotopic (exact) mass is 659 g/mol. The number of carbonyl (C=O) groups is 2. The second kappa shape index (κ2) is 13.5. The first-order valence-corrected chi connectivity index (χ1v) is 16.6. The average Bonchev–Trinajstić information content (AvgIpc) is 3.43. The maximum atomic E-state index is 13.9. The number of fused-ring (bicyclic) bond motifs is 1. The maximum Gasteiger partial charge on any atom is 0.266 e. The molecule has 0 fully saturated rings. The van der Waals surface area contributed by atoms with E-state index in [4.69, 9.17) is 20.6 Å². The Kier molecular flexibility index (Phi) is 9.62. The number of rotatable bonds is 10. The molecule has 0 bridgehead atoms. The molecule has 9 nitrogen and oxygen atoms in total. The molecule has 1 heterocycles. The molecule has 1 atom stereocenters. The number of aromatic nitrogens is 1. The van der Waals surface area contributed by atoms with E-state index >= 15 is 0 Å². The van der Waals surface area contributed by atoms with Crippen LogP contribution in [0.25, 0.3) is 22.6 Å². The molecule has 3 N–H and O–H groups in total. The number of benzene rings is 4. The molecular weight excluding hydrogens is 626 g/mol. The van der Waals surface area contributed by atoms with Crippen molar-refractivity contribution >= 4 is 50.3 Å². The van der Waals surface area contributed by atoms with Gasteiger partial charge in [-0.25, -0.2) is 4.98 Å². The lowest BCUT2D eigenvalue weighted by atomic mass is 9.84. The highest BCUT2D eigenvalue weighted by atomic mass is 35.5. The molecule has 0 spiro atoms. The molecule has 0 aliphatic carbocycles. The van der Waals surface area contributed by atoms with Crippen molar-refractivity contribution in [2.75, 3.05) is 17.6 Å². The van der Waals surface area contributed by atoms with E-state index < -0.39 is 27.7 Å². The molecule has 238 valence electrons. The van der Waals surface area contributed by atoms with Crippen molar-refractivity contribution in [2.24, 2.45) is 0 Å². The number of anilines is 1. The minimum Gasteiger partial charge on any atom is -0.436 e. The number of hydrogen-bond donors (Lipinski definition) is 3. The highest BCUT2D eigenvalue weighted by molar-refractivity contribution is 7.85. The lowest BCUT2D eigenvalue weighted by Gasteiger charge is -2.22. The number of nitrogens with one attached hydrogen (secondary N) is 2. The molecule has 0 saturated heterocycles. The summed E-state index contributed by atoms with van der Waals surface area (Å²) in [6.07, 6.45) is 0.359. The molecule has 0 saturated carbocycles. The molecule has 1 unspecified atom stereocenters. The zero-order valence-corrected chi connectivity index (χ0v) is 27.2. The fourth-order valence-corrected chi connectivity index (χ4v) is 5.44. The van der Waals surface area contributed by atoms with Crippen molar-refractivity contribution in [3.63, 3.8) is 0 Å². The summed E-state index contributed by atoms with van der Waals surface area (Å²) in [5.74, 6) is -1.36. The Morgan fingerprint density at radius 1 is 0.935 bits per heavy atom. The topological polar surface area (TPSA) is 139 Å². The SMILES string of the molecule is CC(C)(C)c1ccc(C(Cc2ccc(C(=O)NCCS(=O)(=O)O)cc2)C(=O)Nc2ccc3oc(-c4ccc(Cl)cc4)nc3c2)cc1. The Hall–Kier alpha value is -4.51. The molecular formula is C35H34ClN3O6S. The molecule has 46 heavy (non-hydrogen) atoms. The summed E-state index contributed by atoms with van der Waals surface area (Å²) in [7, 11) is -4.18. The Morgan fingerprint density at radius 2 is 1.61 bits per heavy atom. The molecule has 0 aliphatic rings. The van der Waals surface area contributed by atoms with Gasteiger partial charge in [-0.1, -0.05) is 68.8 Å². The van der Waals surface area contributed by atoms with Crippen LogP contribution in [0.2, 0.25) is 5.02 Å². The van der Waals surface area contributed by atoms with Gasteiger partial charge in [0.05, 0.1) is 11.7 Å². The fourth-order valence-electron chi connectivity index (χ4n) is 4.95. The van der Waals surface area contributed by atoms with Crippen molar-refractivity contribution in [1.82, 2.24) is 10.3 Å². The van der Waals surface area contributed by atoms with Crippen LogP contribution in [0.1, 0.15) is 53.7 Å². The van der Waals surface area contributed by atoms with E-state index in [0.717, 1.165) is 22.3 Å². The summed E-state index contributed by atoms with van der Waals surface area (Å²) >= 11 is 6.01. The third-order valence-electron chi connectivity index (χ3n) is 7.54. The number of hydrogen-bond acceptors (Lipinski definition) is 6. The van der Waals surface area contributed by atoms with E-state index in [1.807, 2.05) is 36.4 Å². The Balaban J connectivity index is 1.36. The first-order valence-electron chi connectivity index (χ1n) is 14.7. The molecule has 4 aromatic carbocycles. The largest absolute Gasteiger partial charge is 0.436 e. The quantitative estimate of drug-likeness (QED) is 0.137. The Labute approximate surface area is 272 Å². The zero-order chi connectivity index (χ0) is 33.1. The molecule has 11 heteroatoms.